The Labute approximate surface area is 400 Å². The van der Waals surface area contributed by atoms with E-state index in [4.69, 9.17) is 19.3 Å². The second-order valence-electron chi connectivity index (χ2n) is 15.7. The maximum atomic E-state index is 14.0. The molecule has 0 spiro atoms. The number of aliphatic carboxylic acids is 1. The number of carbonyl (C=O) groups is 4. The summed E-state index contributed by atoms with van der Waals surface area (Å²) in [5.74, 6) is -3.02. The van der Waals surface area contributed by atoms with E-state index in [1.807, 2.05) is 152 Å². The number of ether oxygens (including phenoxy) is 2. The molecule has 1 aromatic heterocycles. The van der Waals surface area contributed by atoms with Crippen molar-refractivity contribution in [2.24, 2.45) is 5.16 Å². The first-order chi connectivity index (χ1) is 33.2. The highest BCUT2D eigenvalue weighted by Crippen LogP contribution is 2.42. The number of β-lactam (4-membered cyclic amide) rings is 1. The van der Waals surface area contributed by atoms with Gasteiger partial charge in [0.25, 0.3) is 11.8 Å². The van der Waals surface area contributed by atoms with Gasteiger partial charge in [-0.2, -0.15) is 0 Å². The molecule has 6 aromatic carbocycles. The van der Waals surface area contributed by atoms with E-state index in [1.165, 1.54) is 30.2 Å². The van der Waals surface area contributed by atoms with Crippen LogP contribution in [0.4, 0.5) is 5.13 Å². The number of esters is 1. The van der Waals surface area contributed by atoms with Crippen molar-refractivity contribution in [1.82, 2.24) is 15.2 Å². The van der Waals surface area contributed by atoms with Gasteiger partial charge in [0.2, 0.25) is 0 Å². The molecular formula is C53H43N5O8S2. The number of thiazole rings is 1. The number of benzene rings is 6. The zero-order valence-electron chi connectivity index (χ0n) is 36.4. The Kier molecular flexibility index (Phi) is 13.4. The predicted octanol–water partition coefficient (Wildman–Crippen LogP) is 8.76. The van der Waals surface area contributed by atoms with Gasteiger partial charge in [0.1, 0.15) is 42.1 Å². The molecule has 15 heteroatoms. The third kappa shape index (κ3) is 9.21. The van der Waals surface area contributed by atoms with E-state index in [2.05, 4.69) is 15.8 Å². The summed E-state index contributed by atoms with van der Waals surface area (Å²) < 4.78 is 12.0. The SMILES string of the molecule is CON=C(C(=O)N[C@@H]1C(=O)N2C(C(=O)O)=C(OCc3ccc(C(=O)OC(c4ccccc4)c4ccccc4)cc3)CS[C@@H]12)c1csc(NC(c2ccccc2)(c2ccccc2)c2ccccc2)n1. The first kappa shape index (κ1) is 45.2. The van der Waals surface area contributed by atoms with Crippen molar-refractivity contribution in [2.75, 3.05) is 18.2 Å². The van der Waals surface area contributed by atoms with E-state index in [9.17, 15) is 24.3 Å². The van der Waals surface area contributed by atoms with Crippen LogP contribution in [-0.2, 0) is 40.8 Å². The van der Waals surface area contributed by atoms with E-state index >= 15 is 0 Å². The van der Waals surface area contributed by atoms with Crippen molar-refractivity contribution in [3.8, 4) is 0 Å². The van der Waals surface area contributed by atoms with Crippen molar-refractivity contribution in [2.45, 2.75) is 29.7 Å². The van der Waals surface area contributed by atoms with Crippen LogP contribution < -0.4 is 10.6 Å². The molecule has 0 radical (unpaired) electrons. The Morgan fingerprint density at radius 1 is 0.779 bits per heavy atom. The molecule has 2 atom stereocenters. The lowest BCUT2D eigenvalue weighted by molar-refractivity contribution is -0.150. The number of thioether (sulfide) groups is 1. The molecule has 3 N–H and O–H groups in total. The van der Waals surface area contributed by atoms with E-state index in [-0.39, 0.29) is 35.2 Å². The normalized spacial score (nSPS) is 15.8. The number of nitrogens with one attached hydrogen (secondary N) is 2. The minimum absolute atomic E-state index is 0.0317. The lowest BCUT2D eigenvalue weighted by Gasteiger charge is -2.48. The molecule has 0 bridgehead atoms. The molecule has 2 amide bonds. The van der Waals surface area contributed by atoms with Gasteiger partial charge in [-0.15, -0.1) is 23.1 Å². The number of anilines is 1. The van der Waals surface area contributed by atoms with Crippen molar-refractivity contribution in [3.63, 3.8) is 0 Å². The predicted molar refractivity (Wildman–Crippen MR) is 260 cm³/mol. The van der Waals surface area contributed by atoms with Crippen molar-refractivity contribution >= 4 is 57.7 Å². The molecule has 2 aliphatic heterocycles. The summed E-state index contributed by atoms with van der Waals surface area (Å²) in [6.07, 6.45) is -0.610. The van der Waals surface area contributed by atoms with Crippen LogP contribution in [0.25, 0.3) is 0 Å². The highest BCUT2D eigenvalue weighted by atomic mass is 32.2. The van der Waals surface area contributed by atoms with Gasteiger partial charge < -0.3 is 30.1 Å². The van der Waals surface area contributed by atoms with E-state index in [0.717, 1.165) is 32.7 Å². The average Bonchev–Trinajstić information content (AvgIpc) is 3.86. The number of nitrogens with zero attached hydrogens (tertiary/aromatic N) is 3. The maximum absolute atomic E-state index is 14.0. The number of aromatic nitrogens is 1. The number of carbonyl (C=O) groups excluding carboxylic acids is 3. The van der Waals surface area contributed by atoms with Crippen LogP contribution in [0.5, 0.6) is 0 Å². The number of fused-ring (bicyclic) bond motifs is 1. The molecular weight excluding hydrogens is 899 g/mol. The molecule has 13 nitrogen and oxygen atoms in total. The Bertz CT molecular complexity index is 2840. The van der Waals surface area contributed by atoms with Crippen LogP contribution in [0.2, 0.25) is 0 Å². The molecule has 340 valence electrons. The molecule has 0 unspecified atom stereocenters. The number of hydrogen-bond donors (Lipinski definition) is 3. The largest absolute Gasteiger partial charge is 0.490 e. The fourth-order valence-corrected chi connectivity index (χ4v) is 10.3. The van der Waals surface area contributed by atoms with Gasteiger partial charge in [-0.25, -0.2) is 14.6 Å². The number of carboxylic acids is 1. The Hall–Kier alpha value is -8.01. The molecule has 2 aliphatic rings. The van der Waals surface area contributed by atoms with Crippen LogP contribution in [0.15, 0.2) is 198 Å². The van der Waals surface area contributed by atoms with Crippen molar-refractivity contribution in [1.29, 1.82) is 0 Å². The minimum atomic E-state index is -1.35. The molecule has 7 aromatic rings. The summed E-state index contributed by atoms with van der Waals surface area (Å²) in [5.41, 5.74) is 4.38. The monoisotopic (exact) mass is 941 g/mol. The molecule has 9 rings (SSSR count). The zero-order chi connectivity index (χ0) is 47.0. The Morgan fingerprint density at radius 3 is 1.82 bits per heavy atom. The Morgan fingerprint density at radius 2 is 1.31 bits per heavy atom. The number of oxime groups is 1. The number of carboxylic acid groups (broad SMARTS) is 1. The van der Waals surface area contributed by atoms with Crippen molar-refractivity contribution < 1.29 is 38.6 Å². The smallest absolute Gasteiger partial charge is 0.356 e. The second kappa shape index (κ2) is 20.2. The van der Waals surface area contributed by atoms with Crippen LogP contribution in [0.3, 0.4) is 0 Å². The number of amides is 2. The summed E-state index contributed by atoms with van der Waals surface area (Å²) in [5, 5.41) is 22.2. The fraction of sp³-hybridized carbons (Fsp3) is 0.132. The van der Waals surface area contributed by atoms with Crippen LogP contribution in [0, 0.1) is 0 Å². The molecule has 0 aliphatic carbocycles. The number of hydrogen-bond acceptors (Lipinski definition) is 12. The van der Waals surface area contributed by atoms with Gasteiger partial charge in [-0.1, -0.05) is 169 Å². The van der Waals surface area contributed by atoms with E-state index in [1.54, 1.807) is 29.6 Å². The standard InChI is InChI=1S/C53H43N5O8S2/c1-64-57-43(41-32-68-52(54-41)56-53(38-21-11-4-12-22-38,39-23-13-5-14-24-39)40-25-15-6-16-26-40)47(59)55-44-48(60)58-45(50(61)62)42(33-67-49(44)58)65-31-34-27-29-37(30-28-34)51(63)66-46(35-17-7-2-8-18-35)36-19-9-3-10-20-36/h2-30,32,44,46,49H,31,33H2,1H3,(H,54,56)(H,55,59)(H,61,62)/t44-,49+/m1/s1. The van der Waals surface area contributed by atoms with Gasteiger partial charge in [0.15, 0.2) is 22.6 Å². The fourth-order valence-electron chi connectivity index (χ4n) is 8.25. The molecule has 0 saturated carbocycles. The first-order valence-corrected chi connectivity index (χ1v) is 23.4. The maximum Gasteiger partial charge on any atom is 0.356 e. The van der Waals surface area contributed by atoms with E-state index < -0.39 is 46.8 Å². The van der Waals surface area contributed by atoms with Gasteiger partial charge >= 0.3 is 11.9 Å². The van der Waals surface area contributed by atoms with Crippen LogP contribution in [-0.4, -0.2) is 68.7 Å². The van der Waals surface area contributed by atoms with Gasteiger partial charge in [0, 0.05) is 5.38 Å². The third-order valence-electron chi connectivity index (χ3n) is 11.5. The van der Waals surface area contributed by atoms with E-state index in [0.29, 0.717) is 16.3 Å². The highest BCUT2D eigenvalue weighted by Gasteiger charge is 2.55. The lowest BCUT2D eigenvalue weighted by Crippen LogP contribution is -2.71. The summed E-state index contributed by atoms with van der Waals surface area (Å²) in [6, 6.07) is 54.6. The first-order valence-electron chi connectivity index (χ1n) is 21.5. The highest BCUT2D eigenvalue weighted by molar-refractivity contribution is 8.00. The molecule has 1 saturated heterocycles. The quantitative estimate of drug-likeness (QED) is 0.0263. The molecule has 68 heavy (non-hydrogen) atoms. The van der Waals surface area contributed by atoms with Gasteiger partial charge in [-0.05, 0) is 45.5 Å². The topological polar surface area (TPSA) is 169 Å². The lowest BCUT2D eigenvalue weighted by atomic mass is 9.77. The third-order valence-corrected chi connectivity index (χ3v) is 13.5. The minimum Gasteiger partial charge on any atom is -0.490 e. The summed E-state index contributed by atoms with van der Waals surface area (Å²) in [7, 11) is 1.30. The van der Waals surface area contributed by atoms with Crippen LogP contribution >= 0.6 is 23.1 Å². The second-order valence-corrected chi connectivity index (χ2v) is 17.6. The summed E-state index contributed by atoms with van der Waals surface area (Å²) in [4.78, 5) is 64.7. The molecule has 3 heterocycles. The summed E-state index contributed by atoms with van der Waals surface area (Å²) >= 11 is 2.53. The van der Waals surface area contributed by atoms with Gasteiger partial charge in [-0.3, -0.25) is 14.5 Å². The number of rotatable bonds is 17. The van der Waals surface area contributed by atoms with Crippen molar-refractivity contribution in [3.05, 3.63) is 237 Å². The zero-order valence-corrected chi connectivity index (χ0v) is 38.1. The Balaban J connectivity index is 0.871. The molecule has 1 fully saturated rings. The summed E-state index contributed by atoms with van der Waals surface area (Å²) in [6.45, 7) is -0.0317. The van der Waals surface area contributed by atoms with Crippen LogP contribution in [0.1, 0.15) is 55.5 Å². The average molecular weight is 942 g/mol. The van der Waals surface area contributed by atoms with Gasteiger partial charge in [0.05, 0.1) is 11.3 Å².